The normalized spacial score (nSPS) is 38.8. The predicted molar refractivity (Wildman–Crippen MR) is 152 cm³/mol. The van der Waals surface area contributed by atoms with E-state index in [1.54, 1.807) is 0 Å². The molecule has 248 valence electrons. The van der Waals surface area contributed by atoms with Gasteiger partial charge in [-0.25, -0.2) is 28.9 Å². The van der Waals surface area contributed by atoms with Gasteiger partial charge < -0.3 is 49.3 Å². The van der Waals surface area contributed by atoms with Crippen LogP contribution in [0.5, 0.6) is 0 Å². The van der Waals surface area contributed by atoms with E-state index in [9.17, 15) is 33.7 Å². The fraction of sp³-hybridized carbons (Fsp3) is 0.500. The van der Waals surface area contributed by atoms with Crippen LogP contribution in [0.4, 0.5) is 10.2 Å². The van der Waals surface area contributed by atoms with Gasteiger partial charge in [0.2, 0.25) is 0 Å². The first-order chi connectivity index (χ1) is 21.7. The van der Waals surface area contributed by atoms with Gasteiger partial charge in [-0.15, -0.1) is 0 Å². The lowest BCUT2D eigenvalue weighted by Gasteiger charge is -2.33. The number of anilines is 1. The third kappa shape index (κ3) is 5.28. The maximum absolute atomic E-state index is 14.8. The number of H-pyrrole nitrogens is 1. The topological polar surface area (TPSA) is 274 Å². The summed E-state index contributed by atoms with van der Waals surface area (Å²) in [6.07, 6.45) is -6.68. The molecule has 3 aliphatic rings. The summed E-state index contributed by atoms with van der Waals surface area (Å²) in [6.45, 7) is -4.43. The molecule has 0 aromatic carbocycles. The molecular weight excluding hydrogens is 681 g/mol. The molecule has 3 aliphatic heterocycles. The van der Waals surface area contributed by atoms with Gasteiger partial charge in [0.1, 0.15) is 53.4 Å². The number of hydrogen-bond acceptors (Lipinski definition) is 16. The molecule has 46 heavy (non-hydrogen) atoms. The standard InChI is InChI=1S/C22H25FN8O12P2S/c1-22-4-39-44(35,36)42-14-12(32)9(40-21(14)30-2-8(23)10-17(30)26-6-28-19(10)34)3-38-45(37,46)43-15(22)13(33)20(41-22)31-7-29-11-16(24)25-5-27-18(11)31/h2,5-7,9,12-15,20-21,32-33H,3-4H2,1H3,(H,35,36)(H,37,46)(H2,24,25,27)(H,26,28,34)/t9-,12-,13-,14-,15+,20-,21-,22-,45?/m1/s1. The zero-order valence-electron chi connectivity index (χ0n) is 23.3. The second-order valence-electron chi connectivity index (χ2n) is 10.9. The van der Waals surface area contributed by atoms with Gasteiger partial charge >= 0.3 is 14.5 Å². The van der Waals surface area contributed by atoms with Crippen LogP contribution in [0.15, 0.2) is 30.0 Å². The average molecular weight is 706 g/mol. The Morgan fingerprint density at radius 1 is 1.11 bits per heavy atom. The molecule has 3 saturated heterocycles. The molecule has 7 heterocycles. The number of phosphoric acid groups is 1. The highest BCUT2D eigenvalue weighted by molar-refractivity contribution is 8.07. The number of fused-ring (bicyclic) bond motifs is 5. The smallest absolute Gasteiger partial charge is 0.387 e. The van der Waals surface area contributed by atoms with Crippen LogP contribution in [0.2, 0.25) is 0 Å². The quantitative estimate of drug-likeness (QED) is 0.141. The number of imidazole rings is 1. The van der Waals surface area contributed by atoms with Gasteiger partial charge in [-0.05, 0) is 18.7 Å². The van der Waals surface area contributed by atoms with Crippen molar-refractivity contribution >= 4 is 54.4 Å². The predicted octanol–water partition coefficient (Wildman–Crippen LogP) is -0.673. The van der Waals surface area contributed by atoms with Gasteiger partial charge in [0.15, 0.2) is 35.4 Å². The average Bonchev–Trinajstić information content (AvgIpc) is 3.71. The SMILES string of the molecule is C[C@@]12COP(=O)(O)O[C@@H]3[C@H](O)[C@@H](COP(O)(=S)O[C@H]1[C@@H](O)[C@H](n1cnc4c(N)ncnc41)O2)O[C@H]3n1cc(F)c2c(=O)[nH]cnc21. The van der Waals surface area contributed by atoms with Crippen molar-refractivity contribution in [3.63, 3.8) is 0 Å². The van der Waals surface area contributed by atoms with Gasteiger partial charge in [0.05, 0.1) is 25.9 Å². The zero-order valence-corrected chi connectivity index (χ0v) is 25.9. The molecule has 10 atom stereocenters. The molecule has 4 aromatic rings. The number of nitrogens with two attached hydrogens (primary N) is 1. The Balaban J connectivity index is 1.24. The molecule has 0 radical (unpaired) electrons. The number of phosphoric ester groups is 1. The van der Waals surface area contributed by atoms with Crippen LogP contribution in [0, 0.1) is 5.82 Å². The van der Waals surface area contributed by atoms with Crippen molar-refractivity contribution in [2.24, 2.45) is 0 Å². The lowest BCUT2D eigenvalue weighted by molar-refractivity contribution is -0.116. The Kier molecular flexibility index (Phi) is 7.68. The monoisotopic (exact) mass is 706 g/mol. The number of nitrogens with one attached hydrogen (secondary N) is 1. The first-order valence-corrected chi connectivity index (χ1v) is 17.4. The number of aromatic amines is 1. The van der Waals surface area contributed by atoms with E-state index in [2.05, 4.69) is 24.9 Å². The Bertz CT molecular complexity index is 2000. The molecule has 0 spiro atoms. The van der Waals surface area contributed by atoms with E-state index in [0.717, 1.165) is 17.1 Å². The van der Waals surface area contributed by atoms with E-state index < -0.39 is 93.1 Å². The third-order valence-corrected chi connectivity index (χ3v) is 10.3. The van der Waals surface area contributed by atoms with Crippen molar-refractivity contribution < 1.29 is 56.5 Å². The zero-order chi connectivity index (χ0) is 32.8. The maximum Gasteiger partial charge on any atom is 0.472 e. The maximum atomic E-state index is 14.8. The molecule has 7 rings (SSSR count). The molecule has 2 bridgehead atoms. The molecule has 20 nitrogen and oxygen atoms in total. The number of halogens is 1. The Labute approximate surface area is 260 Å². The van der Waals surface area contributed by atoms with E-state index in [1.165, 1.54) is 24.1 Å². The second kappa shape index (κ2) is 11.1. The summed E-state index contributed by atoms with van der Waals surface area (Å²) >= 11 is 5.20. The largest absolute Gasteiger partial charge is 0.472 e. The third-order valence-electron chi connectivity index (χ3n) is 7.83. The lowest BCUT2D eigenvalue weighted by Crippen LogP contribution is -2.45. The summed E-state index contributed by atoms with van der Waals surface area (Å²) in [6, 6.07) is 0. The summed E-state index contributed by atoms with van der Waals surface area (Å²) in [5.74, 6) is -0.943. The first-order valence-electron chi connectivity index (χ1n) is 13.4. The number of aliphatic hydroxyl groups excluding tert-OH is 2. The molecule has 2 unspecified atom stereocenters. The van der Waals surface area contributed by atoms with Gasteiger partial charge in [0, 0.05) is 6.20 Å². The lowest BCUT2D eigenvalue weighted by atomic mass is 9.99. The van der Waals surface area contributed by atoms with Gasteiger partial charge in [-0.3, -0.25) is 22.9 Å². The van der Waals surface area contributed by atoms with Gasteiger partial charge in [-0.2, -0.15) is 0 Å². The summed E-state index contributed by atoms with van der Waals surface area (Å²) in [5, 5.41) is 22.0. The fourth-order valence-electron chi connectivity index (χ4n) is 5.66. The number of nitrogens with zero attached hydrogens (tertiary/aromatic N) is 6. The van der Waals surface area contributed by atoms with Crippen LogP contribution >= 0.6 is 14.5 Å². The van der Waals surface area contributed by atoms with Crippen LogP contribution in [-0.4, -0.2) is 103 Å². The summed E-state index contributed by atoms with van der Waals surface area (Å²) < 4.78 is 64.2. The minimum atomic E-state index is -5.16. The molecule has 7 N–H and O–H groups in total. The molecule has 4 aromatic heterocycles. The molecule has 0 aliphatic carbocycles. The van der Waals surface area contributed by atoms with E-state index in [1.807, 2.05) is 0 Å². The molecule has 0 amide bonds. The van der Waals surface area contributed by atoms with E-state index in [4.69, 9.17) is 45.1 Å². The molecular formula is C22H25FN8O12P2S. The van der Waals surface area contributed by atoms with Crippen LogP contribution in [0.25, 0.3) is 22.2 Å². The highest BCUT2D eigenvalue weighted by Crippen LogP contribution is 2.56. The van der Waals surface area contributed by atoms with Crippen molar-refractivity contribution in [2.45, 2.75) is 55.5 Å². The van der Waals surface area contributed by atoms with Crippen LogP contribution < -0.4 is 11.3 Å². The number of ether oxygens (including phenoxy) is 2. The van der Waals surface area contributed by atoms with E-state index in [0.29, 0.717) is 0 Å². The summed E-state index contributed by atoms with van der Waals surface area (Å²) in [5.41, 5.74) is 3.39. The van der Waals surface area contributed by atoms with Crippen molar-refractivity contribution in [2.75, 3.05) is 18.9 Å². The Morgan fingerprint density at radius 2 is 1.89 bits per heavy atom. The number of aliphatic hydroxyl groups is 2. The number of aromatic nitrogens is 7. The molecule has 24 heteroatoms. The minimum Gasteiger partial charge on any atom is -0.387 e. The van der Waals surface area contributed by atoms with E-state index >= 15 is 0 Å². The minimum absolute atomic E-state index is 0.0535. The Hall–Kier alpha value is -2.82. The van der Waals surface area contributed by atoms with Crippen LogP contribution in [0.3, 0.4) is 0 Å². The van der Waals surface area contributed by atoms with Crippen molar-refractivity contribution in [1.82, 2.24) is 34.1 Å². The van der Waals surface area contributed by atoms with Crippen LogP contribution in [0.1, 0.15) is 19.4 Å². The van der Waals surface area contributed by atoms with Gasteiger partial charge in [-0.1, -0.05) is 0 Å². The number of rotatable bonds is 2. The van der Waals surface area contributed by atoms with Crippen molar-refractivity contribution in [3.05, 3.63) is 41.3 Å². The highest BCUT2D eigenvalue weighted by atomic mass is 32.5. The first kappa shape index (κ1) is 31.8. The van der Waals surface area contributed by atoms with Gasteiger partial charge in [0.25, 0.3) is 5.56 Å². The molecule has 3 fully saturated rings. The summed E-state index contributed by atoms with van der Waals surface area (Å²) in [7, 11) is -5.16. The summed E-state index contributed by atoms with van der Waals surface area (Å²) in [4.78, 5) is 52.4. The van der Waals surface area contributed by atoms with E-state index in [-0.39, 0.29) is 22.6 Å². The van der Waals surface area contributed by atoms with Crippen LogP contribution in [-0.2, 0) is 43.9 Å². The fourth-order valence-corrected chi connectivity index (χ4v) is 8.17. The van der Waals surface area contributed by atoms with Crippen molar-refractivity contribution in [3.8, 4) is 0 Å². The second-order valence-corrected chi connectivity index (χ2v) is 15.1. The number of hydrogen-bond donors (Lipinski definition) is 6. The highest BCUT2D eigenvalue weighted by Gasteiger charge is 2.58. The Morgan fingerprint density at radius 3 is 2.67 bits per heavy atom. The van der Waals surface area contributed by atoms with Crippen molar-refractivity contribution in [1.29, 1.82) is 0 Å². The molecule has 0 saturated carbocycles. The number of nitrogen functional groups attached to an aromatic ring is 1.